The lowest BCUT2D eigenvalue weighted by molar-refractivity contribution is 0.0382. The van der Waals surface area contributed by atoms with Crippen LogP contribution in [0.3, 0.4) is 0 Å². The molecule has 1 aliphatic rings. The van der Waals surface area contributed by atoms with Crippen molar-refractivity contribution in [3.63, 3.8) is 0 Å². The molecule has 88 valence electrons. The number of allylic oxidation sites excluding steroid dienone is 1. The van der Waals surface area contributed by atoms with Crippen molar-refractivity contribution in [2.24, 2.45) is 16.0 Å². The fourth-order valence-corrected chi connectivity index (χ4v) is 1.43. The molecule has 0 radical (unpaired) electrons. The first-order chi connectivity index (χ1) is 8.08. The molecule has 2 rings (SSSR count). The Hall–Kier alpha value is -2.04. The quantitative estimate of drug-likeness (QED) is 0.786. The smallest absolute Gasteiger partial charge is 0.295 e. The topological polar surface area (TPSA) is 50.7 Å². The van der Waals surface area contributed by atoms with Gasteiger partial charge < -0.3 is 5.73 Å². The van der Waals surface area contributed by atoms with Gasteiger partial charge in [-0.3, -0.25) is 0 Å². The molecule has 1 unspecified atom stereocenters. The number of hydrogen-bond donors (Lipinski definition) is 1. The summed E-state index contributed by atoms with van der Waals surface area (Å²) in [4.78, 5) is 0. The van der Waals surface area contributed by atoms with Gasteiger partial charge in [-0.15, -0.1) is 0 Å². The van der Waals surface area contributed by atoms with Crippen molar-refractivity contribution < 1.29 is 8.78 Å². The Bertz CT molecular complexity index is 478. The van der Waals surface area contributed by atoms with E-state index in [0.717, 1.165) is 0 Å². The van der Waals surface area contributed by atoms with Crippen LogP contribution in [0, 0.1) is 0 Å². The van der Waals surface area contributed by atoms with Crippen molar-refractivity contribution in [2.75, 3.05) is 0 Å². The minimum atomic E-state index is -3.09. The zero-order valence-corrected chi connectivity index (χ0v) is 8.92. The van der Waals surface area contributed by atoms with E-state index in [1.165, 1.54) is 12.2 Å². The highest BCUT2D eigenvalue weighted by Crippen LogP contribution is 2.29. The Balaban J connectivity index is 2.15. The Morgan fingerprint density at radius 3 is 2.53 bits per heavy atom. The van der Waals surface area contributed by atoms with Crippen LogP contribution in [0.1, 0.15) is 0 Å². The highest BCUT2D eigenvalue weighted by molar-refractivity contribution is 5.35. The van der Waals surface area contributed by atoms with Crippen LogP contribution in [0.25, 0.3) is 0 Å². The Labute approximate surface area is 97.4 Å². The molecule has 0 heterocycles. The number of rotatable bonds is 2. The first-order valence-corrected chi connectivity index (χ1v) is 5.08. The second kappa shape index (κ2) is 4.45. The molecule has 0 aliphatic heterocycles. The van der Waals surface area contributed by atoms with Crippen molar-refractivity contribution in [2.45, 2.75) is 12.0 Å². The number of nitrogens with zero attached hydrogens (tertiary/aromatic N) is 2. The van der Waals surface area contributed by atoms with Crippen LogP contribution in [0.5, 0.6) is 0 Å². The summed E-state index contributed by atoms with van der Waals surface area (Å²) >= 11 is 0. The highest BCUT2D eigenvalue weighted by Gasteiger charge is 2.38. The number of hydrogen-bond acceptors (Lipinski definition) is 3. The van der Waals surface area contributed by atoms with Gasteiger partial charge >= 0.3 is 0 Å². The van der Waals surface area contributed by atoms with Gasteiger partial charge in [0.15, 0.2) is 6.04 Å². The lowest BCUT2D eigenvalue weighted by Gasteiger charge is -2.20. The minimum absolute atomic E-state index is 0.0427. The van der Waals surface area contributed by atoms with Gasteiger partial charge in [-0.25, -0.2) is 0 Å². The van der Waals surface area contributed by atoms with Crippen molar-refractivity contribution >= 4 is 5.69 Å². The van der Waals surface area contributed by atoms with Crippen molar-refractivity contribution in [1.29, 1.82) is 0 Å². The summed E-state index contributed by atoms with van der Waals surface area (Å²) < 4.78 is 26.9. The fourth-order valence-electron chi connectivity index (χ4n) is 1.43. The van der Waals surface area contributed by atoms with Crippen LogP contribution in [-0.2, 0) is 0 Å². The van der Waals surface area contributed by atoms with Gasteiger partial charge in [-0.2, -0.15) is 19.0 Å². The molecule has 5 heteroatoms. The Morgan fingerprint density at radius 2 is 1.88 bits per heavy atom. The molecule has 3 nitrogen and oxygen atoms in total. The molecule has 2 N–H and O–H groups in total. The largest absolute Gasteiger partial charge is 0.399 e. The Kier molecular flexibility index (Phi) is 2.99. The maximum Gasteiger partial charge on any atom is 0.295 e. The van der Waals surface area contributed by atoms with Gasteiger partial charge in [0.1, 0.15) is 0 Å². The number of halogens is 2. The van der Waals surface area contributed by atoms with Crippen LogP contribution in [0.4, 0.5) is 14.5 Å². The predicted octanol–water partition coefficient (Wildman–Crippen LogP) is 3.19. The van der Waals surface area contributed by atoms with E-state index in [-0.39, 0.29) is 5.70 Å². The molecule has 1 aromatic carbocycles. The Morgan fingerprint density at radius 1 is 1.18 bits per heavy atom. The van der Waals surface area contributed by atoms with Crippen LogP contribution in [-0.4, -0.2) is 12.0 Å². The predicted molar refractivity (Wildman–Crippen MR) is 61.1 cm³/mol. The van der Waals surface area contributed by atoms with E-state index >= 15 is 0 Å². The summed E-state index contributed by atoms with van der Waals surface area (Å²) in [5.41, 5.74) is 5.89. The second-order valence-corrected chi connectivity index (χ2v) is 3.67. The lowest BCUT2D eigenvalue weighted by atomic mass is 10.0. The molecule has 0 bridgehead atoms. The molecule has 1 aliphatic carbocycles. The van der Waals surface area contributed by atoms with E-state index in [0.29, 0.717) is 11.8 Å². The molecule has 0 saturated carbocycles. The number of benzene rings is 1. The third-order valence-corrected chi connectivity index (χ3v) is 2.28. The average molecular weight is 235 g/mol. The first-order valence-electron chi connectivity index (χ1n) is 5.08. The lowest BCUT2D eigenvalue weighted by Crippen LogP contribution is -2.31. The number of azo groups is 1. The van der Waals surface area contributed by atoms with E-state index in [4.69, 9.17) is 5.73 Å². The van der Waals surface area contributed by atoms with Crippen LogP contribution in [0.2, 0.25) is 0 Å². The molecule has 0 saturated heterocycles. The maximum atomic E-state index is 13.5. The van der Waals surface area contributed by atoms with Gasteiger partial charge in [0.25, 0.3) is 5.92 Å². The zero-order chi connectivity index (χ0) is 12.3. The van der Waals surface area contributed by atoms with Crippen molar-refractivity contribution in [3.05, 3.63) is 54.3 Å². The summed E-state index contributed by atoms with van der Waals surface area (Å²) in [5.74, 6) is -3.09. The van der Waals surface area contributed by atoms with E-state index < -0.39 is 12.0 Å². The summed E-state index contributed by atoms with van der Waals surface area (Å²) in [5, 5.41) is 7.40. The second-order valence-electron chi connectivity index (χ2n) is 3.67. The average Bonchev–Trinajstić information content (AvgIpc) is 2.28. The molecule has 0 amide bonds. The highest BCUT2D eigenvalue weighted by atomic mass is 19.3. The maximum absolute atomic E-state index is 13.5. The molecule has 0 fully saturated rings. The summed E-state index contributed by atoms with van der Waals surface area (Å²) in [6.45, 7) is 0. The van der Waals surface area contributed by atoms with Crippen LogP contribution >= 0.6 is 0 Å². The van der Waals surface area contributed by atoms with E-state index in [2.05, 4.69) is 10.2 Å². The zero-order valence-electron chi connectivity index (χ0n) is 8.92. The molecule has 1 atom stereocenters. The van der Waals surface area contributed by atoms with Gasteiger partial charge in [0.2, 0.25) is 0 Å². The van der Waals surface area contributed by atoms with E-state index in [1.807, 2.05) is 6.07 Å². The first kappa shape index (κ1) is 11.4. The van der Waals surface area contributed by atoms with E-state index in [1.54, 1.807) is 24.3 Å². The van der Waals surface area contributed by atoms with Gasteiger partial charge in [-0.05, 0) is 24.3 Å². The van der Waals surface area contributed by atoms with Gasteiger partial charge in [-0.1, -0.05) is 18.2 Å². The van der Waals surface area contributed by atoms with Crippen LogP contribution < -0.4 is 5.73 Å². The third-order valence-electron chi connectivity index (χ3n) is 2.28. The normalized spacial score (nSPS) is 22.7. The summed E-state index contributed by atoms with van der Waals surface area (Å²) in [6, 6.07) is 7.44. The van der Waals surface area contributed by atoms with Gasteiger partial charge in [0.05, 0.1) is 5.69 Å². The molecular formula is C12H11F2N3. The molecule has 0 spiro atoms. The van der Waals surface area contributed by atoms with Gasteiger partial charge in [0, 0.05) is 11.8 Å². The molecular weight excluding hydrogens is 224 g/mol. The number of nitrogens with two attached hydrogens (primary N) is 1. The molecule has 1 aromatic rings. The standard InChI is InChI=1S/C12H11F2N3/c13-12(14)8-9(15)6-7-11(12)17-16-10-4-2-1-3-5-10/h1-8,11H,15H2. The third kappa shape index (κ3) is 2.75. The minimum Gasteiger partial charge on any atom is -0.399 e. The monoisotopic (exact) mass is 235 g/mol. The SMILES string of the molecule is NC1=CC(F)(F)C(N=Nc2ccccc2)C=C1. The molecule has 0 aromatic heterocycles. The summed E-state index contributed by atoms with van der Waals surface area (Å²) in [6.07, 6.45) is 3.36. The van der Waals surface area contributed by atoms with Crippen LogP contribution in [0.15, 0.2) is 64.5 Å². The van der Waals surface area contributed by atoms with Crippen molar-refractivity contribution in [1.82, 2.24) is 0 Å². The van der Waals surface area contributed by atoms with E-state index in [9.17, 15) is 8.78 Å². The van der Waals surface area contributed by atoms with Crippen molar-refractivity contribution in [3.8, 4) is 0 Å². The molecule has 17 heavy (non-hydrogen) atoms. The fraction of sp³-hybridized carbons (Fsp3) is 0.167. The summed E-state index contributed by atoms with van der Waals surface area (Å²) in [7, 11) is 0. The number of alkyl halides is 2.